The van der Waals surface area contributed by atoms with Crippen molar-refractivity contribution in [2.75, 3.05) is 18.0 Å². The molecule has 1 amide bonds. The summed E-state index contributed by atoms with van der Waals surface area (Å²) in [6, 6.07) is 15.8. The molecule has 1 aliphatic rings. The summed E-state index contributed by atoms with van der Waals surface area (Å²) in [5.74, 6) is 1.41. The molecule has 3 aromatic rings. The number of rotatable bonds is 4. The number of nitrogens with one attached hydrogen (secondary N) is 1. The van der Waals surface area contributed by atoms with Crippen molar-refractivity contribution in [2.24, 2.45) is 11.7 Å². The highest BCUT2D eigenvalue weighted by atomic mass is 35.5. The Morgan fingerprint density at radius 3 is 2.69 bits per heavy atom. The number of aromatic nitrogens is 1. The van der Waals surface area contributed by atoms with Crippen LogP contribution >= 0.6 is 11.6 Å². The Morgan fingerprint density at radius 1 is 1.15 bits per heavy atom. The van der Waals surface area contributed by atoms with Gasteiger partial charge in [0.15, 0.2) is 0 Å². The van der Waals surface area contributed by atoms with Crippen molar-refractivity contribution in [1.82, 2.24) is 4.98 Å². The number of hydrogen-bond acceptors (Lipinski definition) is 2. The van der Waals surface area contributed by atoms with Crippen molar-refractivity contribution < 1.29 is 4.79 Å². The van der Waals surface area contributed by atoms with Crippen LogP contribution < -0.4 is 10.6 Å². The maximum absolute atomic E-state index is 11.4. The molecule has 26 heavy (non-hydrogen) atoms. The quantitative estimate of drug-likeness (QED) is 0.718. The van der Waals surface area contributed by atoms with Crippen LogP contribution in [0, 0.1) is 5.92 Å². The third-order valence-corrected chi connectivity index (χ3v) is 5.49. The first-order valence-corrected chi connectivity index (χ1v) is 9.38. The van der Waals surface area contributed by atoms with Crippen molar-refractivity contribution in [2.45, 2.75) is 19.3 Å². The number of carbonyl (C=O) groups excluding carboxylic acids is 1. The molecular formula is C21H22ClN3O. The van der Waals surface area contributed by atoms with Crippen LogP contribution in [0.1, 0.15) is 28.8 Å². The van der Waals surface area contributed by atoms with Gasteiger partial charge >= 0.3 is 0 Å². The van der Waals surface area contributed by atoms with Crippen LogP contribution in [-0.4, -0.2) is 24.0 Å². The number of H-pyrrole nitrogens is 1. The number of halogens is 1. The van der Waals surface area contributed by atoms with Gasteiger partial charge in [0, 0.05) is 34.6 Å². The van der Waals surface area contributed by atoms with E-state index in [1.54, 1.807) is 6.07 Å². The summed E-state index contributed by atoms with van der Waals surface area (Å²) in [4.78, 5) is 17.2. The van der Waals surface area contributed by atoms with Crippen LogP contribution in [0.2, 0.25) is 5.02 Å². The highest BCUT2D eigenvalue weighted by Gasteiger charge is 2.21. The predicted molar refractivity (Wildman–Crippen MR) is 107 cm³/mol. The molecule has 4 rings (SSSR count). The van der Waals surface area contributed by atoms with E-state index < -0.39 is 5.91 Å². The first-order valence-electron chi connectivity index (χ1n) is 9.00. The Labute approximate surface area is 157 Å². The molecule has 4 nitrogen and oxygen atoms in total. The van der Waals surface area contributed by atoms with Crippen LogP contribution in [0.3, 0.4) is 0 Å². The monoisotopic (exact) mass is 367 g/mol. The summed E-state index contributed by atoms with van der Waals surface area (Å²) in [6.45, 7) is 2.06. The minimum Gasteiger partial charge on any atom is -0.366 e. The number of amides is 1. The van der Waals surface area contributed by atoms with Gasteiger partial charge in [0.25, 0.3) is 0 Å². The molecule has 0 saturated carbocycles. The minimum atomic E-state index is -0.392. The van der Waals surface area contributed by atoms with Crippen molar-refractivity contribution in [1.29, 1.82) is 0 Å². The number of hydrogen-bond donors (Lipinski definition) is 2. The topological polar surface area (TPSA) is 62.1 Å². The fraction of sp³-hybridized carbons (Fsp3) is 0.286. The maximum atomic E-state index is 11.4. The molecular weight excluding hydrogens is 346 g/mol. The summed E-state index contributed by atoms with van der Waals surface area (Å²) in [6.07, 6.45) is 3.41. The van der Waals surface area contributed by atoms with Gasteiger partial charge in [0.05, 0.1) is 0 Å². The van der Waals surface area contributed by atoms with Gasteiger partial charge in [-0.1, -0.05) is 23.7 Å². The molecule has 1 aliphatic heterocycles. The zero-order chi connectivity index (χ0) is 18.1. The van der Waals surface area contributed by atoms with E-state index in [2.05, 4.69) is 28.1 Å². The third kappa shape index (κ3) is 3.56. The Morgan fingerprint density at radius 2 is 1.96 bits per heavy atom. The van der Waals surface area contributed by atoms with Crippen molar-refractivity contribution in [3.05, 3.63) is 64.7 Å². The molecule has 0 spiro atoms. The number of benzene rings is 2. The summed E-state index contributed by atoms with van der Waals surface area (Å²) in [7, 11) is 0. The van der Waals surface area contributed by atoms with Crippen molar-refractivity contribution >= 4 is 34.2 Å². The number of nitrogens with zero attached hydrogens (tertiary/aromatic N) is 1. The van der Waals surface area contributed by atoms with Crippen LogP contribution in [-0.2, 0) is 6.42 Å². The van der Waals surface area contributed by atoms with Gasteiger partial charge < -0.3 is 15.6 Å². The molecule has 134 valence electrons. The van der Waals surface area contributed by atoms with Crippen LogP contribution in [0.25, 0.3) is 10.9 Å². The number of anilines is 1. The highest BCUT2D eigenvalue weighted by molar-refractivity contribution is 6.30. The normalized spacial score (nSPS) is 15.5. The summed E-state index contributed by atoms with van der Waals surface area (Å²) in [5.41, 5.74) is 8.27. The number of primary amides is 1. The van der Waals surface area contributed by atoms with Gasteiger partial charge in [-0.25, -0.2) is 0 Å². The van der Waals surface area contributed by atoms with E-state index in [1.807, 2.05) is 24.3 Å². The molecule has 0 atom stereocenters. The molecule has 2 heterocycles. The Bertz CT molecular complexity index is 941. The Kier molecular flexibility index (Phi) is 4.60. The Hall–Kier alpha value is -2.46. The SMILES string of the molecule is NC(=O)c1ccc2[nH]c(N3CCC(Cc4cccc(Cl)c4)CC3)cc2c1. The molecule has 1 fully saturated rings. The van der Waals surface area contributed by atoms with E-state index >= 15 is 0 Å². The maximum Gasteiger partial charge on any atom is 0.248 e. The molecule has 2 aromatic carbocycles. The van der Waals surface area contributed by atoms with E-state index in [1.165, 1.54) is 5.56 Å². The number of nitrogens with two attached hydrogens (primary N) is 1. The first kappa shape index (κ1) is 17.0. The number of fused-ring (bicyclic) bond motifs is 1. The second-order valence-electron chi connectivity index (χ2n) is 7.09. The van der Waals surface area contributed by atoms with E-state index in [9.17, 15) is 4.79 Å². The summed E-state index contributed by atoms with van der Waals surface area (Å²) >= 11 is 6.09. The zero-order valence-electron chi connectivity index (χ0n) is 14.5. The van der Waals surface area contributed by atoms with E-state index in [0.717, 1.165) is 54.1 Å². The molecule has 0 bridgehead atoms. The van der Waals surface area contributed by atoms with Crippen LogP contribution in [0.15, 0.2) is 48.5 Å². The molecule has 1 aromatic heterocycles. The smallest absolute Gasteiger partial charge is 0.248 e. The van der Waals surface area contributed by atoms with Crippen molar-refractivity contribution in [3.63, 3.8) is 0 Å². The molecule has 1 saturated heterocycles. The second-order valence-corrected chi connectivity index (χ2v) is 7.52. The second kappa shape index (κ2) is 7.04. The lowest BCUT2D eigenvalue weighted by Crippen LogP contribution is -2.34. The largest absolute Gasteiger partial charge is 0.366 e. The van der Waals surface area contributed by atoms with E-state index in [0.29, 0.717) is 11.5 Å². The molecule has 0 radical (unpaired) electrons. The number of aromatic amines is 1. The van der Waals surface area contributed by atoms with Gasteiger partial charge in [0.2, 0.25) is 5.91 Å². The molecule has 0 aliphatic carbocycles. The highest BCUT2D eigenvalue weighted by Crippen LogP contribution is 2.28. The Balaban J connectivity index is 1.43. The van der Waals surface area contributed by atoms with Gasteiger partial charge in [-0.05, 0) is 67.1 Å². The van der Waals surface area contributed by atoms with E-state index in [4.69, 9.17) is 17.3 Å². The summed E-state index contributed by atoms with van der Waals surface area (Å²) in [5, 5.41) is 1.84. The standard InChI is InChI=1S/C21H22ClN3O/c22-18-3-1-2-15(11-18)10-14-6-8-25(9-7-14)20-13-17-12-16(21(23)26)4-5-19(17)24-20/h1-5,11-14,24H,6-10H2,(H2,23,26). The lowest BCUT2D eigenvalue weighted by atomic mass is 9.90. The lowest BCUT2D eigenvalue weighted by molar-refractivity contribution is 0.100. The third-order valence-electron chi connectivity index (χ3n) is 5.26. The predicted octanol–water partition coefficient (Wildman–Crippen LogP) is 4.38. The average molecular weight is 368 g/mol. The minimum absolute atomic E-state index is 0.392. The fourth-order valence-electron chi connectivity index (χ4n) is 3.82. The van der Waals surface area contributed by atoms with Gasteiger partial charge in [-0.2, -0.15) is 0 Å². The van der Waals surface area contributed by atoms with Gasteiger partial charge in [0.1, 0.15) is 5.82 Å². The molecule has 5 heteroatoms. The lowest BCUT2D eigenvalue weighted by Gasteiger charge is -2.32. The first-order chi connectivity index (χ1) is 12.6. The zero-order valence-corrected chi connectivity index (χ0v) is 15.3. The van der Waals surface area contributed by atoms with Crippen LogP contribution in [0.4, 0.5) is 5.82 Å². The number of carbonyl (C=O) groups is 1. The van der Waals surface area contributed by atoms with E-state index in [-0.39, 0.29) is 0 Å². The van der Waals surface area contributed by atoms with Crippen molar-refractivity contribution in [3.8, 4) is 0 Å². The molecule has 0 unspecified atom stereocenters. The van der Waals surface area contributed by atoms with Gasteiger partial charge in [-0.15, -0.1) is 0 Å². The molecule has 3 N–H and O–H groups in total. The average Bonchev–Trinajstić information content (AvgIpc) is 3.05. The number of piperidine rings is 1. The van der Waals surface area contributed by atoms with Gasteiger partial charge in [-0.3, -0.25) is 4.79 Å². The fourth-order valence-corrected chi connectivity index (χ4v) is 4.03. The van der Waals surface area contributed by atoms with Crippen LogP contribution in [0.5, 0.6) is 0 Å². The summed E-state index contributed by atoms with van der Waals surface area (Å²) < 4.78 is 0.